The summed E-state index contributed by atoms with van der Waals surface area (Å²) < 4.78 is 10.4. The number of benzene rings is 3. The van der Waals surface area contributed by atoms with Crippen LogP contribution in [0.4, 0.5) is 5.69 Å². The summed E-state index contributed by atoms with van der Waals surface area (Å²) in [5.41, 5.74) is 0.299. The third-order valence-corrected chi connectivity index (χ3v) is 5.57. The first-order valence-corrected chi connectivity index (χ1v) is 9.92. The molecule has 31 heavy (non-hydrogen) atoms. The average Bonchev–Trinajstić information content (AvgIpc) is 3.21. The maximum atomic E-state index is 13.5. The number of carbonyl (C=O) groups is 2. The van der Waals surface area contributed by atoms with E-state index in [0.29, 0.717) is 11.3 Å². The molecule has 4 rings (SSSR count). The van der Waals surface area contributed by atoms with Gasteiger partial charge < -0.3 is 9.47 Å². The van der Waals surface area contributed by atoms with Gasteiger partial charge in [0.2, 0.25) is 5.41 Å². The zero-order chi connectivity index (χ0) is 21.8. The summed E-state index contributed by atoms with van der Waals surface area (Å²) in [6, 6.07) is 27.0. The molecule has 0 saturated carbocycles. The molecule has 0 radical (unpaired) electrons. The van der Waals surface area contributed by atoms with Crippen LogP contribution in [0.1, 0.15) is 23.3 Å². The third-order valence-electron chi connectivity index (χ3n) is 5.57. The molecule has 1 fully saturated rings. The van der Waals surface area contributed by atoms with E-state index in [9.17, 15) is 9.59 Å². The number of hydrogen-bond donors (Lipinski definition) is 0. The van der Waals surface area contributed by atoms with Gasteiger partial charge in [-0.05, 0) is 23.3 Å². The lowest BCUT2D eigenvalue weighted by Crippen LogP contribution is -2.48. The number of anilines is 1. The highest BCUT2D eigenvalue weighted by Gasteiger charge is 2.69. The summed E-state index contributed by atoms with van der Waals surface area (Å²) in [6.07, 6.45) is -0.959. The van der Waals surface area contributed by atoms with E-state index < -0.39 is 29.5 Å². The first-order valence-electron chi connectivity index (χ1n) is 9.92. The predicted octanol–water partition coefficient (Wildman–Crippen LogP) is 4.25. The minimum Gasteiger partial charge on any atom is -0.468 e. The molecule has 0 unspecified atom stereocenters. The summed E-state index contributed by atoms with van der Waals surface area (Å²) in [4.78, 5) is 33.3. The van der Waals surface area contributed by atoms with E-state index in [-0.39, 0.29) is 0 Å². The monoisotopic (exact) mass is 417 g/mol. The Labute approximate surface area is 180 Å². The summed E-state index contributed by atoms with van der Waals surface area (Å²) in [5, 5.41) is 1.61. The summed E-state index contributed by atoms with van der Waals surface area (Å²) in [5.74, 6) is -1.44. The fraction of sp³-hybridized carbons (Fsp3) is 0.200. The van der Waals surface area contributed by atoms with Crippen molar-refractivity contribution in [1.82, 2.24) is 0 Å². The lowest BCUT2D eigenvalue weighted by molar-refractivity contribution is -0.174. The van der Waals surface area contributed by atoms with Crippen LogP contribution in [0.25, 0.3) is 0 Å². The van der Waals surface area contributed by atoms with E-state index in [1.807, 2.05) is 91.0 Å². The highest BCUT2D eigenvalue weighted by molar-refractivity contribution is 6.03. The van der Waals surface area contributed by atoms with E-state index >= 15 is 0 Å². The highest BCUT2D eigenvalue weighted by atomic mass is 16.7. The molecule has 3 aromatic carbocycles. The molecule has 0 amide bonds. The maximum absolute atomic E-state index is 13.5. The van der Waals surface area contributed by atoms with Crippen LogP contribution in [0.3, 0.4) is 0 Å². The van der Waals surface area contributed by atoms with Gasteiger partial charge in [-0.15, -0.1) is 0 Å². The number of hydrogen-bond acceptors (Lipinski definition) is 6. The van der Waals surface area contributed by atoms with Gasteiger partial charge in [0, 0.05) is 0 Å². The molecule has 0 aromatic heterocycles. The van der Waals surface area contributed by atoms with Crippen LogP contribution in [0.15, 0.2) is 91.0 Å². The number of nitrogens with zero attached hydrogens (tertiary/aromatic N) is 1. The molecule has 158 valence electrons. The van der Waals surface area contributed by atoms with E-state index in [2.05, 4.69) is 0 Å². The predicted molar refractivity (Wildman–Crippen MR) is 115 cm³/mol. The fourth-order valence-electron chi connectivity index (χ4n) is 4.21. The Morgan fingerprint density at radius 1 is 0.742 bits per heavy atom. The van der Waals surface area contributed by atoms with Gasteiger partial charge in [-0.1, -0.05) is 78.9 Å². The van der Waals surface area contributed by atoms with E-state index in [1.54, 1.807) is 5.06 Å². The molecule has 0 bridgehead atoms. The Morgan fingerprint density at radius 2 is 1.19 bits per heavy atom. The van der Waals surface area contributed by atoms with Crippen molar-refractivity contribution < 1.29 is 23.9 Å². The number of esters is 2. The standard InChI is InChI=1S/C25H23NO5/c1-29-23(27)25(24(28)30-2)21(18-12-6-3-7-13-18)26(20-16-10-5-11-17-20)31-22(25)19-14-8-4-9-15-19/h3-17,21-22H,1-2H3/t21-,22-/m0/s1. The van der Waals surface area contributed by atoms with Crippen LogP contribution >= 0.6 is 0 Å². The van der Waals surface area contributed by atoms with Gasteiger partial charge in [0.1, 0.15) is 12.1 Å². The quantitative estimate of drug-likeness (QED) is 0.457. The number of hydroxylamine groups is 1. The van der Waals surface area contributed by atoms with E-state index in [0.717, 1.165) is 5.56 Å². The third kappa shape index (κ3) is 3.35. The SMILES string of the molecule is COC(=O)C1(C(=O)OC)[C@H](c2ccccc2)N(c2ccccc2)O[C@H]1c1ccccc1. The summed E-state index contributed by atoms with van der Waals surface area (Å²) >= 11 is 0. The number of ether oxygens (including phenoxy) is 2. The van der Waals surface area contributed by atoms with E-state index in [1.165, 1.54) is 14.2 Å². The second kappa shape index (κ2) is 8.62. The van der Waals surface area contributed by atoms with Crippen LogP contribution in [0, 0.1) is 5.41 Å². The van der Waals surface area contributed by atoms with Crippen LogP contribution in [-0.2, 0) is 23.9 Å². The maximum Gasteiger partial charge on any atom is 0.329 e. The molecule has 1 saturated heterocycles. The molecule has 6 nitrogen and oxygen atoms in total. The topological polar surface area (TPSA) is 65.1 Å². The average molecular weight is 417 g/mol. The molecule has 1 aliphatic heterocycles. The number of para-hydroxylation sites is 1. The molecule has 1 aliphatic rings. The zero-order valence-electron chi connectivity index (χ0n) is 17.3. The van der Waals surface area contributed by atoms with Gasteiger partial charge in [0.25, 0.3) is 0 Å². The molecule has 6 heteroatoms. The van der Waals surface area contributed by atoms with Crippen molar-refractivity contribution in [2.45, 2.75) is 12.1 Å². The molecule has 0 N–H and O–H groups in total. The highest BCUT2D eigenvalue weighted by Crippen LogP contribution is 2.58. The lowest BCUT2D eigenvalue weighted by Gasteiger charge is -2.33. The van der Waals surface area contributed by atoms with Crippen molar-refractivity contribution in [1.29, 1.82) is 0 Å². The van der Waals surface area contributed by atoms with Crippen molar-refractivity contribution in [3.05, 3.63) is 102 Å². The molecule has 1 heterocycles. The molecule has 0 aliphatic carbocycles. The van der Waals surface area contributed by atoms with Gasteiger partial charge in [0.05, 0.1) is 19.9 Å². The summed E-state index contributed by atoms with van der Waals surface area (Å²) in [6.45, 7) is 0. The minimum absolute atomic E-state index is 0.665. The second-order valence-corrected chi connectivity index (χ2v) is 7.22. The van der Waals surface area contributed by atoms with Gasteiger partial charge in [-0.25, -0.2) is 5.06 Å². The summed E-state index contributed by atoms with van der Waals surface area (Å²) in [7, 11) is 2.53. The Morgan fingerprint density at radius 3 is 1.68 bits per heavy atom. The van der Waals surface area contributed by atoms with Crippen LogP contribution < -0.4 is 5.06 Å². The second-order valence-electron chi connectivity index (χ2n) is 7.22. The van der Waals surface area contributed by atoms with Crippen molar-refractivity contribution in [3.8, 4) is 0 Å². The van der Waals surface area contributed by atoms with Crippen molar-refractivity contribution >= 4 is 17.6 Å². The van der Waals surface area contributed by atoms with Gasteiger partial charge in [-0.3, -0.25) is 14.4 Å². The van der Waals surface area contributed by atoms with Crippen LogP contribution in [0.5, 0.6) is 0 Å². The fourth-order valence-corrected chi connectivity index (χ4v) is 4.21. The van der Waals surface area contributed by atoms with Crippen molar-refractivity contribution in [3.63, 3.8) is 0 Å². The number of rotatable bonds is 5. The van der Waals surface area contributed by atoms with Crippen molar-refractivity contribution in [2.75, 3.05) is 19.3 Å². The normalized spacial score (nSPS) is 19.6. The van der Waals surface area contributed by atoms with E-state index in [4.69, 9.17) is 14.3 Å². The Kier molecular flexibility index (Phi) is 5.73. The van der Waals surface area contributed by atoms with Crippen molar-refractivity contribution in [2.24, 2.45) is 5.41 Å². The van der Waals surface area contributed by atoms with Gasteiger partial charge in [0.15, 0.2) is 0 Å². The van der Waals surface area contributed by atoms with Gasteiger partial charge in [-0.2, -0.15) is 0 Å². The largest absolute Gasteiger partial charge is 0.468 e. The van der Waals surface area contributed by atoms with Crippen LogP contribution in [-0.4, -0.2) is 26.2 Å². The zero-order valence-corrected chi connectivity index (χ0v) is 17.3. The van der Waals surface area contributed by atoms with Crippen LogP contribution in [0.2, 0.25) is 0 Å². The number of methoxy groups -OCH3 is 2. The smallest absolute Gasteiger partial charge is 0.329 e. The Balaban J connectivity index is 2.02. The van der Waals surface area contributed by atoms with Gasteiger partial charge >= 0.3 is 11.9 Å². The minimum atomic E-state index is -1.79. The first kappa shape index (κ1) is 20.6. The molecule has 0 spiro atoms. The Hall–Kier alpha value is -3.64. The first-order chi connectivity index (χ1) is 15.1. The number of carbonyl (C=O) groups excluding carboxylic acids is 2. The molecule has 3 aromatic rings. The molecular formula is C25H23NO5. The lowest BCUT2D eigenvalue weighted by atomic mass is 9.71. The Bertz CT molecular complexity index is 1020. The molecule has 2 atom stereocenters. The molecular weight excluding hydrogens is 394 g/mol.